The number of carbonyl (C=O) groups is 3. The van der Waals surface area contributed by atoms with Crippen LogP contribution in [-0.4, -0.2) is 17.7 Å². The summed E-state index contributed by atoms with van der Waals surface area (Å²) < 4.78 is 5.66. The van der Waals surface area contributed by atoms with Gasteiger partial charge in [-0.3, -0.25) is 14.4 Å². The van der Waals surface area contributed by atoms with Gasteiger partial charge in [-0.05, 0) is 31.5 Å². The Labute approximate surface area is 182 Å². The monoisotopic (exact) mass is 415 g/mol. The van der Waals surface area contributed by atoms with Crippen molar-refractivity contribution in [3.05, 3.63) is 101 Å². The van der Waals surface area contributed by atoms with E-state index in [-0.39, 0.29) is 18.1 Å². The fourth-order valence-corrected chi connectivity index (χ4v) is 3.13. The summed E-state index contributed by atoms with van der Waals surface area (Å²) >= 11 is 0. The molecule has 0 unspecified atom stereocenters. The Morgan fingerprint density at radius 3 is 1.90 bits per heavy atom. The molecule has 0 bridgehead atoms. The number of hydrogen-bond acceptors (Lipinski definition) is 4. The first-order valence-electron chi connectivity index (χ1n) is 10.1. The van der Waals surface area contributed by atoms with Crippen LogP contribution in [0.5, 0.6) is 0 Å². The maximum atomic E-state index is 13.2. The number of anilines is 1. The summed E-state index contributed by atoms with van der Waals surface area (Å²) in [6.07, 6.45) is -1.00. The van der Waals surface area contributed by atoms with Crippen LogP contribution in [0.3, 0.4) is 0 Å². The molecule has 0 aliphatic rings. The molecule has 0 aliphatic heterocycles. The van der Waals surface area contributed by atoms with Crippen molar-refractivity contribution in [2.75, 3.05) is 5.32 Å². The lowest BCUT2D eigenvalue weighted by molar-refractivity contribution is -0.146. The molecule has 0 fully saturated rings. The lowest BCUT2D eigenvalue weighted by atomic mass is 9.98. The highest BCUT2D eigenvalue weighted by Gasteiger charge is 2.26. The Morgan fingerprint density at radius 1 is 0.806 bits per heavy atom. The van der Waals surface area contributed by atoms with Gasteiger partial charge in [-0.2, -0.15) is 0 Å². The fourth-order valence-electron chi connectivity index (χ4n) is 3.13. The van der Waals surface area contributed by atoms with Crippen molar-refractivity contribution in [1.29, 1.82) is 0 Å². The summed E-state index contributed by atoms with van der Waals surface area (Å²) in [4.78, 5) is 37.0. The second kappa shape index (κ2) is 9.85. The molecular weight excluding hydrogens is 390 g/mol. The predicted octanol–water partition coefficient (Wildman–Crippen LogP) is 4.97. The summed E-state index contributed by atoms with van der Waals surface area (Å²) in [5.41, 5.74) is 4.59. The van der Waals surface area contributed by atoms with Gasteiger partial charge in [0.05, 0.1) is 6.42 Å². The molecule has 31 heavy (non-hydrogen) atoms. The Bertz CT molecular complexity index is 1070. The Morgan fingerprint density at radius 2 is 1.35 bits per heavy atom. The first kappa shape index (κ1) is 22.0. The van der Waals surface area contributed by atoms with E-state index in [9.17, 15) is 14.4 Å². The first-order chi connectivity index (χ1) is 14.8. The number of ether oxygens (including phenoxy) is 1. The van der Waals surface area contributed by atoms with Crippen molar-refractivity contribution in [3.63, 3.8) is 0 Å². The zero-order valence-corrected chi connectivity index (χ0v) is 17.8. The van der Waals surface area contributed by atoms with Crippen LogP contribution in [0, 0.1) is 13.8 Å². The summed E-state index contributed by atoms with van der Waals surface area (Å²) in [5.74, 6) is -0.931. The molecule has 0 radical (unpaired) electrons. The summed E-state index contributed by atoms with van der Waals surface area (Å²) in [6, 6.07) is 21.5. The third-order valence-corrected chi connectivity index (χ3v) is 4.83. The van der Waals surface area contributed by atoms with Gasteiger partial charge in [0.1, 0.15) is 0 Å². The average molecular weight is 415 g/mol. The van der Waals surface area contributed by atoms with Crippen molar-refractivity contribution >= 4 is 23.3 Å². The number of carbonyl (C=O) groups excluding carboxylic acids is 3. The highest BCUT2D eigenvalue weighted by atomic mass is 16.5. The van der Waals surface area contributed by atoms with Gasteiger partial charge in [0.15, 0.2) is 6.10 Å². The molecule has 3 rings (SSSR count). The fraction of sp³-hybridized carbons (Fsp3) is 0.192. The lowest BCUT2D eigenvalue weighted by Gasteiger charge is -2.18. The van der Waals surface area contributed by atoms with E-state index in [1.807, 2.05) is 50.2 Å². The van der Waals surface area contributed by atoms with Gasteiger partial charge < -0.3 is 10.1 Å². The number of nitrogens with one attached hydrogen (secondary N) is 1. The predicted molar refractivity (Wildman–Crippen MR) is 120 cm³/mol. The van der Waals surface area contributed by atoms with Gasteiger partial charge >= 0.3 is 5.97 Å². The van der Waals surface area contributed by atoms with Crippen LogP contribution in [0.4, 0.5) is 5.69 Å². The standard InChI is InChI=1S/C26H25NO4/c1-17-4-10-21(11-5-17)25(30)26(22-12-6-18(2)7-13-22)31-24(29)16-20-8-14-23(15-9-20)27-19(3)28/h4-15,26H,16H2,1-3H3,(H,27,28)/t26-/m0/s1. The summed E-state index contributed by atoms with van der Waals surface area (Å²) in [7, 11) is 0. The van der Waals surface area contributed by atoms with Crippen LogP contribution in [0.15, 0.2) is 72.8 Å². The topological polar surface area (TPSA) is 72.5 Å². The van der Waals surface area contributed by atoms with E-state index in [1.54, 1.807) is 36.4 Å². The van der Waals surface area contributed by atoms with E-state index in [2.05, 4.69) is 5.32 Å². The molecule has 3 aromatic rings. The normalized spacial score (nSPS) is 11.5. The second-order valence-electron chi connectivity index (χ2n) is 7.57. The third kappa shape index (κ3) is 6.12. The van der Waals surface area contributed by atoms with Gasteiger partial charge in [0, 0.05) is 23.7 Å². The minimum Gasteiger partial charge on any atom is -0.449 e. The molecule has 5 nitrogen and oxygen atoms in total. The van der Waals surface area contributed by atoms with E-state index in [4.69, 9.17) is 4.74 Å². The molecular formula is C26H25NO4. The van der Waals surface area contributed by atoms with Gasteiger partial charge in [-0.15, -0.1) is 0 Å². The van der Waals surface area contributed by atoms with E-state index < -0.39 is 12.1 Å². The largest absolute Gasteiger partial charge is 0.449 e. The first-order valence-corrected chi connectivity index (χ1v) is 10.1. The van der Waals surface area contributed by atoms with Crippen molar-refractivity contribution in [1.82, 2.24) is 0 Å². The zero-order valence-electron chi connectivity index (χ0n) is 17.8. The average Bonchev–Trinajstić information content (AvgIpc) is 2.74. The number of ketones is 1. The maximum Gasteiger partial charge on any atom is 0.311 e. The highest BCUT2D eigenvalue weighted by Crippen LogP contribution is 2.24. The molecule has 0 heterocycles. The molecule has 0 spiro atoms. The van der Waals surface area contributed by atoms with Crippen molar-refractivity contribution in [3.8, 4) is 0 Å². The molecule has 3 aromatic carbocycles. The lowest BCUT2D eigenvalue weighted by Crippen LogP contribution is -2.21. The minimum atomic E-state index is -1.02. The van der Waals surface area contributed by atoms with Crippen LogP contribution in [0.2, 0.25) is 0 Å². The van der Waals surface area contributed by atoms with Crippen LogP contribution < -0.4 is 5.32 Å². The molecule has 0 saturated heterocycles. The van der Waals surface area contributed by atoms with Gasteiger partial charge in [0.25, 0.3) is 0 Å². The zero-order chi connectivity index (χ0) is 22.4. The van der Waals surface area contributed by atoms with Crippen molar-refractivity contribution in [2.24, 2.45) is 0 Å². The van der Waals surface area contributed by atoms with Crippen LogP contribution in [0.1, 0.15) is 45.6 Å². The number of hydrogen-bond donors (Lipinski definition) is 1. The molecule has 1 amide bonds. The van der Waals surface area contributed by atoms with Gasteiger partial charge in [-0.1, -0.05) is 71.8 Å². The van der Waals surface area contributed by atoms with Crippen molar-refractivity contribution in [2.45, 2.75) is 33.3 Å². The number of rotatable bonds is 7. The quantitative estimate of drug-likeness (QED) is 0.437. The molecule has 0 saturated carbocycles. The SMILES string of the molecule is CC(=O)Nc1ccc(CC(=O)O[C@H](C(=O)c2ccc(C)cc2)c2ccc(C)cc2)cc1. The smallest absolute Gasteiger partial charge is 0.311 e. The minimum absolute atomic E-state index is 0.0177. The molecule has 1 atom stereocenters. The van der Waals surface area contributed by atoms with Crippen LogP contribution >= 0.6 is 0 Å². The van der Waals surface area contributed by atoms with Gasteiger partial charge in [-0.25, -0.2) is 0 Å². The number of Topliss-reactive ketones (excluding diaryl/α,β-unsaturated/α-hetero) is 1. The molecule has 158 valence electrons. The Kier molecular flexibility index (Phi) is 6.98. The number of benzene rings is 3. The number of esters is 1. The molecule has 0 aliphatic carbocycles. The number of amides is 1. The van der Waals surface area contributed by atoms with Crippen LogP contribution in [-0.2, 0) is 20.7 Å². The van der Waals surface area contributed by atoms with E-state index in [0.29, 0.717) is 16.8 Å². The molecule has 0 aromatic heterocycles. The van der Waals surface area contributed by atoms with Crippen LogP contribution in [0.25, 0.3) is 0 Å². The second-order valence-corrected chi connectivity index (χ2v) is 7.57. The summed E-state index contributed by atoms with van der Waals surface area (Å²) in [6.45, 7) is 5.34. The Balaban J connectivity index is 1.78. The molecule has 5 heteroatoms. The van der Waals surface area contributed by atoms with E-state index in [0.717, 1.165) is 16.7 Å². The highest BCUT2D eigenvalue weighted by molar-refractivity contribution is 6.01. The maximum absolute atomic E-state index is 13.2. The third-order valence-electron chi connectivity index (χ3n) is 4.83. The van der Waals surface area contributed by atoms with E-state index >= 15 is 0 Å². The summed E-state index contributed by atoms with van der Waals surface area (Å²) in [5, 5.41) is 2.68. The van der Waals surface area contributed by atoms with E-state index in [1.165, 1.54) is 6.92 Å². The molecule has 1 N–H and O–H groups in total. The van der Waals surface area contributed by atoms with Gasteiger partial charge in [0.2, 0.25) is 11.7 Å². The van der Waals surface area contributed by atoms with Crippen molar-refractivity contribution < 1.29 is 19.1 Å². The Hall–Kier alpha value is -3.73. The number of aryl methyl sites for hydroxylation is 2.